The second-order valence-electron chi connectivity index (χ2n) is 6.82. The Morgan fingerprint density at radius 1 is 1.11 bits per heavy atom. The number of benzene rings is 2. The van der Waals surface area contributed by atoms with E-state index in [4.69, 9.17) is 4.74 Å². The molecule has 0 spiro atoms. The van der Waals surface area contributed by atoms with Gasteiger partial charge in [0.15, 0.2) is 0 Å². The van der Waals surface area contributed by atoms with Crippen molar-refractivity contribution in [3.63, 3.8) is 0 Å². The molecule has 0 bridgehead atoms. The van der Waals surface area contributed by atoms with Gasteiger partial charge in [-0.15, -0.1) is 0 Å². The van der Waals surface area contributed by atoms with Gasteiger partial charge in [0.05, 0.1) is 12.2 Å². The van der Waals surface area contributed by atoms with Crippen LogP contribution < -0.4 is 15.7 Å². The van der Waals surface area contributed by atoms with Gasteiger partial charge in [-0.2, -0.15) is 0 Å². The average molecular weight is 364 g/mol. The van der Waals surface area contributed by atoms with Gasteiger partial charge in [0, 0.05) is 30.4 Å². The molecule has 1 heterocycles. The molecule has 1 aliphatic heterocycles. The minimum absolute atomic E-state index is 0.00494. The molecule has 0 atom stereocenters. The molecule has 0 aromatic heterocycles. The highest BCUT2D eigenvalue weighted by atomic mass is 16.5. The molecule has 1 N–H and O–H groups in total. The molecule has 5 nitrogen and oxygen atoms in total. The molecule has 0 unspecified atom stereocenters. The molecule has 0 saturated carbocycles. The number of anilines is 1. The molecule has 0 radical (unpaired) electrons. The molecule has 1 aliphatic rings. The van der Waals surface area contributed by atoms with E-state index >= 15 is 0 Å². The van der Waals surface area contributed by atoms with Crippen LogP contribution in [-0.4, -0.2) is 45.5 Å². The third-order valence-corrected chi connectivity index (χ3v) is 4.96. The Bertz CT molecular complexity index is 799. The van der Waals surface area contributed by atoms with Gasteiger partial charge in [-0.05, 0) is 44.0 Å². The summed E-state index contributed by atoms with van der Waals surface area (Å²) in [5.74, 6) is -0.285. The number of carbonyl (C=O) groups excluding carboxylic acids is 2. The van der Waals surface area contributed by atoms with Gasteiger partial charge in [0.1, 0.15) is 7.85 Å². The first kappa shape index (κ1) is 19.0. The van der Waals surface area contributed by atoms with E-state index in [1.165, 1.54) is 0 Å². The van der Waals surface area contributed by atoms with Gasteiger partial charge in [0.25, 0.3) is 5.91 Å². The van der Waals surface area contributed by atoms with Crippen molar-refractivity contribution in [2.24, 2.45) is 0 Å². The molecule has 6 heteroatoms. The summed E-state index contributed by atoms with van der Waals surface area (Å²) in [7, 11) is 1.96. The summed E-state index contributed by atoms with van der Waals surface area (Å²) in [6.45, 7) is 3.92. The lowest BCUT2D eigenvalue weighted by molar-refractivity contribution is 0.0526. The highest BCUT2D eigenvalue weighted by Gasteiger charge is 2.22. The summed E-state index contributed by atoms with van der Waals surface area (Å²) in [6, 6.07) is 15.4. The maximum absolute atomic E-state index is 12.5. The van der Waals surface area contributed by atoms with Crippen LogP contribution in [0.4, 0.5) is 5.69 Å². The second-order valence-corrected chi connectivity index (χ2v) is 6.82. The molecule has 1 amide bonds. The smallest absolute Gasteiger partial charge is 0.338 e. The minimum atomic E-state index is -0.290. The number of nitrogens with zero attached hydrogens (tertiary/aromatic N) is 1. The molecule has 27 heavy (non-hydrogen) atoms. The van der Waals surface area contributed by atoms with Gasteiger partial charge in [0.2, 0.25) is 0 Å². The summed E-state index contributed by atoms with van der Waals surface area (Å²) in [4.78, 5) is 26.5. The fraction of sp³-hybridized carbons (Fsp3) is 0.333. The first-order chi connectivity index (χ1) is 13.1. The highest BCUT2D eigenvalue weighted by molar-refractivity contribution is 6.36. The van der Waals surface area contributed by atoms with E-state index in [1.54, 1.807) is 19.1 Å². The van der Waals surface area contributed by atoms with Gasteiger partial charge < -0.3 is 15.0 Å². The van der Waals surface area contributed by atoms with E-state index < -0.39 is 0 Å². The molecule has 2 aromatic carbocycles. The highest BCUT2D eigenvalue weighted by Crippen LogP contribution is 2.21. The average Bonchev–Trinajstić information content (AvgIpc) is 2.69. The molecular weight excluding hydrogens is 339 g/mol. The largest absolute Gasteiger partial charge is 0.462 e. The van der Waals surface area contributed by atoms with Crippen molar-refractivity contribution in [1.82, 2.24) is 5.32 Å². The molecule has 2 aromatic rings. The van der Waals surface area contributed by atoms with Crippen LogP contribution in [0.2, 0.25) is 0 Å². The first-order valence-corrected chi connectivity index (χ1v) is 9.47. The number of piperidine rings is 1. The lowest BCUT2D eigenvalue weighted by Gasteiger charge is -2.34. The summed E-state index contributed by atoms with van der Waals surface area (Å²) in [5.41, 5.74) is 3.40. The van der Waals surface area contributed by atoms with Crippen molar-refractivity contribution in [3.05, 3.63) is 59.7 Å². The Morgan fingerprint density at radius 2 is 1.78 bits per heavy atom. The minimum Gasteiger partial charge on any atom is -0.462 e. The standard InChI is InChI=1S/C21H25BN2O3/c1-2-27-21(26)15-7-9-17(10-8-15)24-13-11-16(12-14-24)23-20(25)18-5-3-4-6-19(18)22/h3-10,16H,2,11-14,22H2,1H3,(H,23,25). The maximum Gasteiger partial charge on any atom is 0.338 e. The van der Waals surface area contributed by atoms with Crippen LogP contribution in [0.3, 0.4) is 0 Å². The summed E-state index contributed by atoms with van der Waals surface area (Å²) in [6.07, 6.45) is 1.80. The van der Waals surface area contributed by atoms with Crippen LogP contribution in [0.15, 0.2) is 48.5 Å². The fourth-order valence-electron chi connectivity index (χ4n) is 3.40. The predicted molar refractivity (Wildman–Crippen MR) is 110 cm³/mol. The first-order valence-electron chi connectivity index (χ1n) is 9.47. The number of hydrogen-bond acceptors (Lipinski definition) is 4. The normalized spacial score (nSPS) is 14.6. The number of esters is 1. The third-order valence-electron chi connectivity index (χ3n) is 4.96. The predicted octanol–water partition coefficient (Wildman–Crippen LogP) is 1.52. The van der Waals surface area contributed by atoms with Crippen LogP contribution >= 0.6 is 0 Å². The molecule has 140 valence electrons. The second kappa shape index (κ2) is 8.76. The van der Waals surface area contributed by atoms with Crippen LogP contribution in [-0.2, 0) is 4.74 Å². The zero-order valence-corrected chi connectivity index (χ0v) is 15.9. The molecule has 1 saturated heterocycles. The van der Waals surface area contributed by atoms with Crippen LogP contribution in [0.25, 0.3) is 0 Å². The van der Waals surface area contributed by atoms with Crippen molar-refractivity contribution in [2.45, 2.75) is 25.8 Å². The Balaban J connectivity index is 1.53. The quantitative estimate of drug-likeness (QED) is 0.646. The van der Waals surface area contributed by atoms with Crippen LogP contribution in [0.1, 0.15) is 40.5 Å². The zero-order valence-electron chi connectivity index (χ0n) is 15.9. The maximum atomic E-state index is 12.5. The molecule has 3 rings (SSSR count). The Morgan fingerprint density at radius 3 is 2.41 bits per heavy atom. The summed E-state index contributed by atoms with van der Waals surface area (Å²) >= 11 is 0. The van der Waals surface area contributed by atoms with Crippen molar-refractivity contribution in [2.75, 3.05) is 24.6 Å². The van der Waals surface area contributed by atoms with Crippen molar-refractivity contribution in [1.29, 1.82) is 0 Å². The van der Waals surface area contributed by atoms with E-state index in [1.807, 2.05) is 44.2 Å². The van der Waals surface area contributed by atoms with Crippen molar-refractivity contribution in [3.8, 4) is 0 Å². The Kier molecular flexibility index (Phi) is 6.17. The van der Waals surface area contributed by atoms with E-state index in [0.29, 0.717) is 12.2 Å². The van der Waals surface area contributed by atoms with Gasteiger partial charge in [-0.25, -0.2) is 4.79 Å². The van der Waals surface area contributed by atoms with E-state index in [2.05, 4.69) is 10.2 Å². The lowest BCUT2D eigenvalue weighted by Crippen LogP contribution is -2.45. The van der Waals surface area contributed by atoms with Crippen molar-refractivity contribution >= 4 is 30.9 Å². The third kappa shape index (κ3) is 4.70. The van der Waals surface area contributed by atoms with Crippen LogP contribution in [0, 0.1) is 0 Å². The number of amides is 1. The van der Waals surface area contributed by atoms with Gasteiger partial charge >= 0.3 is 5.97 Å². The number of nitrogens with one attached hydrogen (secondary N) is 1. The lowest BCUT2D eigenvalue weighted by atomic mass is 9.90. The number of carbonyl (C=O) groups is 2. The Labute approximate surface area is 161 Å². The number of rotatable bonds is 5. The molecule has 0 aliphatic carbocycles. The van der Waals surface area contributed by atoms with Gasteiger partial charge in [-0.1, -0.05) is 29.7 Å². The fourth-order valence-corrected chi connectivity index (χ4v) is 3.40. The van der Waals surface area contributed by atoms with E-state index in [0.717, 1.165) is 42.6 Å². The molecule has 1 fully saturated rings. The zero-order chi connectivity index (χ0) is 19.2. The van der Waals surface area contributed by atoms with Crippen molar-refractivity contribution < 1.29 is 14.3 Å². The number of hydrogen-bond donors (Lipinski definition) is 1. The SMILES string of the molecule is Bc1ccccc1C(=O)NC1CCN(c2ccc(C(=O)OCC)cc2)CC1. The van der Waals surface area contributed by atoms with Crippen LogP contribution in [0.5, 0.6) is 0 Å². The summed E-state index contributed by atoms with van der Waals surface area (Å²) in [5, 5.41) is 3.16. The van der Waals surface area contributed by atoms with Gasteiger partial charge in [-0.3, -0.25) is 4.79 Å². The Hall–Kier alpha value is -2.76. The monoisotopic (exact) mass is 364 g/mol. The van der Waals surface area contributed by atoms with E-state index in [-0.39, 0.29) is 17.9 Å². The van der Waals surface area contributed by atoms with E-state index in [9.17, 15) is 9.59 Å². The number of ether oxygens (including phenoxy) is 1. The summed E-state index contributed by atoms with van der Waals surface area (Å²) < 4.78 is 5.02. The molecular formula is C21H25BN2O3. The topological polar surface area (TPSA) is 58.6 Å².